The maximum atomic E-state index is 13.5. The van der Waals surface area contributed by atoms with E-state index < -0.39 is 32.5 Å². The van der Waals surface area contributed by atoms with Gasteiger partial charge in [-0.2, -0.15) is 4.39 Å². The van der Waals surface area contributed by atoms with Gasteiger partial charge in [0.2, 0.25) is 15.8 Å². The molecule has 116 valence electrons. The SMILES string of the molecule is CC(NS(=O)(=O)c1ccc([N+](=O)[O-])c(F)c1)C1CCCO1. The van der Waals surface area contributed by atoms with Crippen molar-refractivity contribution in [1.29, 1.82) is 0 Å². The van der Waals surface area contributed by atoms with E-state index in [1.807, 2.05) is 0 Å². The van der Waals surface area contributed by atoms with Crippen LogP contribution in [0.25, 0.3) is 0 Å². The lowest BCUT2D eigenvalue weighted by atomic mass is 10.1. The van der Waals surface area contributed by atoms with Crippen LogP contribution in [0.3, 0.4) is 0 Å². The van der Waals surface area contributed by atoms with Crippen LogP contribution in [0.1, 0.15) is 19.8 Å². The van der Waals surface area contributed by atoms with Crippen LogP contribution in [-0.2, 0) is 14.8 Å². The van der Waals surface area contributed by atoms with Crippen molar-refractivity contribution in [3.63, 3.8) is 0 Å². The quantitative estimate of drug-likeness (QED) is 0.656. The molecule has 2 unspecified atom stereocenters. The fraction of sp³-hybridized carbons (Fsp3) is 0.500. The Morgan fingerprint density at radius 1 is 1.52 bits per heavy atom. The Bertz CT molecular complexity index is 643. The van der Waals surface area contributed by atoms with Gasteiger partial charge in [0.05, 0.1) is 15.9 Å². The standard InChI is InChI=1S/C12H15FN2O5S/c1-8(12-3-2-6-20-12)14-21(18,19)9-4-5-11(15(16)17)10(13)7-9/h4-5,7-8,12,14H,2-3,6H2,1H3. The number of halogens is 1. The van der Waals surface area contributed by atoms with Crippen LogP contribution in [0.4, 0.5) is 10.1 Å². The zero-order chi connectivity index (χ0) is 15.6. The lowest BCUT2D eigenvalue weighted by molar-refractivity contribution is -0.387. The van der Waals surface area contributed by atoms with Gasteiger partial charge < -0.3 is 4.74 Å². The van der Waals surface area contributed by atoms with Crippen molar-refractivity contribution in [3.8, 4) is 0 Å². The first-order valence-electron chi connectivity index (χ1n) is 6.39. The molecule has 2 atom stereocenters. The summed E-state index contributed by atoms with van der Waals surface area (Å²) in [7, 11) is -3.95. The van der Waals surface area contributed by atoms with E-state index in [1.165, 1.54) is 0 Å². The van der Waals surface area contributed by atoms with Crippen LogP contribution in [0, 0.1) is 15.9 Å². The van der Waals surface area contributed by atoms with Gasteiger partial charge in [-0.05, 0) is 25.8 Å². The summed E-state index contributed by atoms with van der Waals surface area (Å²) in [6.45, 7) is 2.25. The first kappa shape index (κ1) is 15.8. The summed E-state index contributed by atoms with van der Waals surface area (Å²) in [5, 5.41) is 10.5. The van der Waals surface area contributed by atoms with Crippen LogP contribution in [0.5, 0.6) is 0 Å². The number of nitro benzene ring substituents is 1. The number of nitrogens with one attached hydrogen (secondary N) is 1. The molecule has 0 radical (unpaired) electrons. The summed E-state index contributed by atoms with van der Waals surface area (Å²) in [5.41, 5.74) is -0.763. The van der Waals surface area contributed by atoms with Gasteiger partial charge in [-0.25, -0.2) is 13.1 Å². The summed E-state index contributed by atoms with van der Waals surface area (Å²) in [6.07, 6.45) is 1.39. The normalized spacial score (nSPS) is 20.4. The number of ether oxygens (including phenoxy) is 1. The van der Waals surface area contributed by atoms with E-state index in [9.17, 15) is 22.9 Å². The van der Waals surface area contributed by atoms with Gasteiger partial charge in [0.15, 0.2) is 0 Å². The number of hydrogen-bond acceptors (Lipinski definition) is 5. The molecule has 0 aromatic heterocycles. The number of nitrogens with zero attached hydrogens (tertiary/aromatic N) is 1. The molecule has 1 fully saturated rings. The highest BCUT2D eigenvalue weighted by atomic mass is 32.2. The molecule has 1 aliphatic heterocycles. The molecule has 1 aliphatic rings. The molecule has 7 nitrogen and oxygen atoms in total. The predicted octanol–water partition coefficient (Wildman–Crippen LogP) is 1.58. The van der Waals surface area contributed by atoms with Gasteiger partial charge in [-0.3, -0.25) is 10.1 Å². The average molecular weight is 318 g/mol. The first-order valence-corrected chi connectivity index (χ1v) is 7.87. The molecule has 0 bridgehead atoms. The Balaban J connectivity index is 2.19. The van der Waals surface area contributed by atoms with Gasteiger partial charge in [-0.15, -0.1) is 0 Å². The number of rotatable bonds is 5. The lowest BCUT2D eigenvalue weighted by Crippen LogP contribution is -2.40. The van der Waals surface area contributed by atoms with Crippen molar-refractivity contribution in [3.05, 3.63) is 34.1 Å². The molecule has 1 N–H and O–H groups in total. The van der Waals surface area contributed by atoms with E-state index >= 15 is 0 Å². The number of nitro groups is 1. The number of hydrogen-bond donors (Lipinski definition) is 1. The van der Waals surface area contributed by atoms with Gasteiger partial charge in [-0.1, -0.05) is 0 Å². The Kier molecular flexibility index (Phi) is 4.55. The summed E-state index contributed by atoms with van der Waals surface area (Å²) in [5.74, 6) is -1.19. The van der Waals surface area contributed by atoms with Crippen LogP contribution in [0.15, 0.2) is 23.1 Å². The zero-order valence-electron chi connectivity index (χ0n) is 11.3. The summed E-state index contributed by atoms with van der Waals surface area (Å²) in [6, 6.07) is 2.02. The van der Waals surface area contributed by atoms with E-state index in [4.69, 9.17) is 4.74 Å². The monoisotopic (exact) mass is 318 g/mol. The molecule has 0 spiro atoms. The molecule has 1 aromatic rings. The third-order valence-electron chi connectivity index (χ3n) is 3.29. The second-order valence-electron chi connectivity index (χ2n) is 4.83. The third kappa shape index (κ3) is 3.55. The Morgan fingerprint density at radius 3 is 2.76 bits per heavy atom. The highest BCUT2D eigenvalue weighted by Gasteiger charge is 2.28. The van der Waals surface area contributed by atoms with E-state index in [0.717, 1.165) is 25.0 Å². The molecule has 9 heteroatoms. The van der Waals surface area contributed by atoms with E-state index in [-0.39, 0.29) is 11.0 Å². The summed E-state index contributed by atoms with van der Waals surface area (Å²) >= 11 is 0. The van der Waals surface area contributed by atoms with Crippen LogP contribution in [-0.4, -0.2) is 32.1 Å². The van der Waals surface area contributed by atoms with Crippen molar-refractivity contribution in [1.82, 2.24) is 4.72 Å². The molecular formula is C12H15FN2O5S. The predicted molar refractivity (Wildman–Crippen MR) is 71.8 cm³/mol. The van der Waals surface area contributed by atoms with Gasteiger partial charge in [0.25, 0.3) is 0 Å². The van der Waals surface area contributed by atoms with Crippen molar-refractivity contribution in [2.45, 2.75) is 36.8 Å². The average Bonchev–Trinajstić information content (AvgIpc) is 2.91. The van der Waals surface area contributed by atoms with E-state index in [0.29, 0.717) is 12.7 Å². The molecule has 21 heavy (non-hydrogen) atoms. The Labute approximate surface area is 121 Å². The lowest BCUT2D eigenvalue weighted by Gasteiger charge is -2.19. The van der Waals surface area contributed by atoms with E-state index in [2.05, 4.69) is 4.72 Å². The first-order chi connectivity index (χ1) is 9.81. The van der Waals surface area contributed by atoms with Crippen LogP contribution < -0.4 is 4.72 Å². The van der Waals surface area contributed by atoms with E-state index in [1.54, 1.807) is 6.92 Å². The highest BCUT2D eigenvalue weighted by molar-refractivity contribution is 7.89. The molecule has 1 aromatic carbocycles. The molecule has 0 saturated carbocycles. The van der Waals surface area contributed by atoms with Crippen LogP contribution in [0.2, 0.25) is 0 Å². The fourth-order valence-electron chi connectivity index (χ4n) is 2.19. The second kappa shape index (κ2) is 6.04. The maximum absolute atomic E-state index is 13.5. The second-order valence-corrected chi connectivity index (χ2v) is 6.55. The summed E-state index contributed by atoms with van der Waals surface area (Å²) < 4.78 is 45.6. The Hall–Kier alpha value is -1.58. The maximum Gasteiger partial charge on any atom is 0.304 e. The third-order valence-corrected chi connectivity index (χ3v) is 4.85. The molecule has 1 saturated heterocycles. The molecular weight excluding hydrogens is 303 g/mol. The van der Waals surface area contributed by atoms with Gasteiger partial charge in [0, 0.05) is 24.8 Å². The topological polar surface area (TPSA) is 98.5 Å². The van der Waals surface area contributed by atoms with Crippen molar-refractivity contribution < 1.29 is 22.5 Å². The smallest absolute Gasteiger partial charge is 0.304 e. The molecule has 2 rings (SSSR count). The van der Waals surface area contributed by atoms with Crippen molar-refractivity contribution in [2.24, 2.45) is 0 Å². The number of sulfonamides is 1. The van der Waals surface area contributed by atoms with Gasteiger partial charge in [0.1, 0.15) is 0 Å². The van der Waals surface area contributed by atoms with Crippen molar-refractivity contribution in [2.75, 3.05) is 6.61 Å². The number of benzene rings is 1. The molecule has 0 aliphatic carbocycles. The highest BCUT2D eigenvalue weighted by Crippen LogP contribution is 2.22. The van der Waals surface area contributed by atoms with Crippen molar-refractivity contribution >= 4 is 15.7 Å². The van der Waals surface area contributed by atoms with Crippen LogP contribution >= 0.6 is 0 Å². The minimum atomic E-state index is -3.95. The van der Waals surface area contributed by atoms with Gasteiger partial charge >= 0.3 is 5.69 Å². The summed E-state index contributed by atoms with van der Waals surface area (Å²) in [4.78, 5) is 9.26. The fourth-order valence-corrected chi connectivity index (χ4v) is 3.47. The minimum absolute atomic E-state index is 0.220. The minimum Gasteiger partial charge on any atom is -0.377 e. The molecule has 0 amide bonds. The Morgan fingerprint density at radius 2 is 2.24 bits per heavy atom. The zero-order valence-corrected chi connectivity index (χ0v) is 12.1. The largest absolute Gasteiger partial charge is 0.377 e. The molecule has 1 heterocycles.